The molecule has 0 saturated carbocycles. The number of benzene rings is 1. The maximum absolute atomic E-state index is 12.7. The lowest BCUT2D eigenvalue weighted by atomic mass is 10.0. The summed E-state index contributed by atoms with van der Waals surface area (Å²) in [6.45, 7) is 5.43. The molecule has 1 aromatic heterocycles. The van der Waals surface area contributed by atoms with Crippen molar-refractivity contribution in [2.75, 3.05) is 18.4 Å². The summed E-state index contributed by atoms with van der Waals surface area (Å²) in [5.74, 6) is 0.105. The van der Waals surface area contributed by atoms with Crippen molar-refractivity contribution in [2.24, 2.45) is 0 Å². The molecule has 0 aliphatic carbocycles. The van der Waals surface area contributed by atoms with Crippen LogP contribution in [-0.4, -0.2) is 34.9 Å². The minimum absolute atomic E-state index is 0.105. The Morgan fingerprint density at radius 3 is 2.43 bits per heavy atom. The number of aryl methyl sites for hydroxylation is 2. The van der Waals surface area contributed by atoms with E-state index in [1.54, 1.807) is 0 Å². The highest BCUT2D eigenvalue weighted by Gasteiger charge is 2.24. The maximum Gasteiger partial charge on any atom is 0.255 e. The molecule has 0 spiro atoms. The van der Waals surface area contributed by atoms with Crippen LogP contribution in [0.5, 0.6) is 0 Å². The van der Waals surface area contributed by atoms with Gasteiger partial charge in [0.15, 0.2) is 0 Å². The molecule has 23 heavy (non-hydrogen) atoms. The van der Waals surface area contributed by atoms with Crippen molar-refractivity contribution in [3.63, 3.8) is 0 Å². The van der Waals surface area contributed by atoms with Gasteiger partial charge in [0.25, 0.3) is 5.91 Å². The first-order valence-corrected chi connectivity index (χ1v) is 8.18. The number of piperidine rings is 1. The Bertz CT molecular complexity index is 676. The van der Waals surface area contributed by atoms with E-state index < -0.39 is 0 Å². The number of carbonyl (C=O) groups is 1. The van der Waals surface area contributed by atoms with Gasteiger partial charge in [-0.05, 0) is 51.0 Å². The summed E-state index contributed by atoms with van der Waals surface area (Å²) in [7, 11) is 0. The van der Waals surface area contributed by atoms with E-state index in [-0.39, 0.29) is 5.91 Å². The van der Waals surface area contributed by atoms with Crippen LogP contribution >= 0.6 is 0 Å². The third-order valence-corrected chi connectivity index (χ3v) is 4.38. The molecule has 4 nitrogen and oxygen atoms in total. The lowest BCUT2D eigenvalue weighted by Crippen LogP contribution is -2.42. The number of likely N-dealkylation sites (tertiary alicyclic amines) is 1. The Kier molecular flexibility index (Phi) is 4.60. The van der Waals surface area contributed by atoms with Crippen molar-refractivity contribution in [1.29, 1.82) is 0 Å². The third-order valence-electron chi connectivity index (χ3n) is 4.38. The van der Waals surface area contributed by atoms with E-state index in [1.165, 1.54) is 0 Å². The van der Waals surface area contributed by atoms with Gasteiger partial charge in [-0.2, -0.15) is 0 Å². The molecule has 1 aliphatic rings. The van der Waals surface area contributed by atoms with Crippen molar-refractivity contribution in [1.82, 2.24) is 9.88 Å². The van der Waals surface area contributed by atoms with Gasteiger partial charge in [-0.25, -0.2) is 0 Å². The number of hydrogen-bond donors (Lipinski definition) is 1. The normalized spacial score (nSPS) is 15.5. The number of para-hydroxylation sites is 1. The first-order valence-electron chi connectivity index (χ1n) is 8.18. The molecule has 1 aliphatic heterocycles. The first-order chi connectivity index (χ1) is 11.1. The fourth-order valence-corrected chi connectivity index (χ4v) is 3.08. The molecule has 0 atom stereocenters. The van der Waals surface area contributed by atoms with E-state index in [1.807, 2.05) is 49.1 Å². The largest absolute Gasteiger partial charge is 0.382 e. The summed E-state index contributed by atoms with van der Waals surface area (Å²) in [5.41, 5.74) is 3.64. The van der Waals surface area contributed by atoms with Crippen molar-refractivity contribution < 1.29 is 4.79 Å². The maximum atomic E-state index is 12.7. The second kappa shape index (κ2) is 6.82. The molecule has 1 N–H and O–H groups in total. The van der Waals surface area contributed by atoms with Gasteiger partial charge >= 0.3 is 0 Å². The van der Waals surface area contributed by atoms with Crippen LogP contribution < -0.4 is 5.32 Å². The molecule has 2 aromatic rings. The zero-order valence-electron chi connectivity index (χ0n) is 13.7. The summed E-state index contributed by atoms with van der Waals surface area (Å²) >= 11 is 0. The summed E-state index contributed by atoms with van der Waals surface area (Å²) in [6, 6.07) is 14.5. The fraction of sp³-hybridized carbons (Fsp3) is 0.368. The Morgan fingerprint density at radius 1 is 1.09 bits per heavy atom. The molecule has 4 heteroatoms. The number of amides is 1. The quantitative estimate of drug-likeness (QED) is 0.945. The van der Waals surface area contributed by atoms with Gasteiger partial charge in [0.1, 0.15) is 0 Å². The molecule has 1 fully saturated rings. The molecule has 0 unspecified atom stereocenters. The van der Waals surface area contributed by atoms with Gasteiger partial charge in [0.2, 0.25) is 0 Å². The van der Waals surface area contributed by atoms with Gasteiger partial charge < -0.3 is 10.2 Å². The van der Waals surface area contributed by atoms with Crippen LogP contribution in [0.3, 0.4) is 0 Å². The molecule has 0 bridgehead atoms. The third kappa shape index (κ3) is 3.70. The number of nitrogens with one attached hydrogen (secondary N) is 1. The molecule has 120 valence electrons. The van der Waals surface area contributed by atoms with Crippen molar-refractivity contribution in [3.8, 4) is 0 Å². The number of anilines is 1. The van der Waals surface area contributed by atoms with E-state index in [2.05, 4.69) is 22.4 Å². The molecular formula is C19H23N3O. The van der Waals surface area contributed by atoms with Crippen molar-refractivity contribution in [3.05, 3.63) is 59.4 Å². The smallest absolute Gasteiger partial charge is 0.255 e. The SMILES string of the molecule is Cc1ccc(C(=O)N2CCC(Nc3ccccc3)CC2)c(C)n1. The van der Waals surface area contributed by atoms with Gasteiger partial charge in [-0.15, -0.1) is 0 Å². The topological polar surface area (TPSA) is 45.2 Å². The van der Waals surface area contributed by atoms with E-state index >= 15 is 0 Å². The second-order valence-electron chi connectivity index (χ2n) is 6.16. The number of carbonyl (C=O) groups excluding carboxylic acids is 1. The summed E-state index contributed by atoms with van der Waals surface area (Å²) < 4.78 is 0. The average molecular weight is 309 g/mol. The van der Waals surface area contributed by atoms with Gasteiger partial charge in [0, 0.05) is 30.5 Å². The van der Waals surface area contributed by atoms with Crippen LogP contribution in [-0.2, 0) is 0 Å². The highest BCUT2D eigenvalue weighted by Crippen LogP contribution is 2.19. The summed E-state index contributed by atoms with van der Waals surface area (Å²) in [4.78, 5) is 19.0. The Labute approximate surface area is 137 Å². The predicted molar refractivity (Wildman–Crippen MR) is 92.7 cm³/mol. The van der Waals surface area contributed by atoms with Crippen LogP contribution in [0.25, 0.3) is 0 Å². The molecular weight excluding hydrogens is 286 g/mol. The molecule has 1 amide bonds. The lowest BCUT2D eigenvalue weighted by Gasteiger charge is -2.33. The molecule has 3 rings (SSSR count). The van der Waals surface area contributed by atoms with Crippen molar-refractivity contribution >= 4 is 11.6 Å². The molecule has 1 saturated heterocycles. The fourth-order valence-electron chi connectivity index (χ4n) is 3.08. The molecule has 0 radical (unpaired) electrons. The first kappa shape index (κ1) is 15.5. The Hall–Kier alpha value is -2.36. The highest BCUT2D eigenvalue weighted by atomic mass is 16.2. The molecule has 2 heterocycles. The standard InChI is InChI=1S/C19H23N3O/c1-14-8-9-18(15(2)20-14)19(23)22-12-10-17(11-13-22)21-16-6-4-3-5-7-16/h3-9,17,21H,10-13H2,1-2H3. The van der Waals surface area contributed by atoms with Gasteiger partial charge in [-0.3, -0.25) is 9.78 Å². The predicted octanol–water partition coefficient (Wildman–Crippen LogP) is 3.42. The number of rotatable bonds is 3. The van der Waals surface area contributed by atoms with Crippen LogP contribution in [0.15, 0.2) is 42.5 Å². The van der Waals surface area contributed by atoms with Crippen molar-refractivity contribution in [2.45, 2.75) is 32.7 Å². The second-order valence-corrected chi connectivity index (χ2v) is 6.16. The van der Waals surface area contributed by atoms with Crippen LogP contribution in [0.2, 0.25) is 0 Å². The molecule has 1 aromatic carbocycles. The average Bonchev–Trinajstić information content (AvgIpc) is 2.56. The number of pyridine rings is 1. The number of hydrogen-bond acceptors (Lipinski definition) is 3. The van der Waals surface area contributed by atoms with E-state index in [9.17, 15) is 4.79 Å². The van der Waals surface area contributed by atoms with Crippen LogP contribution in [0.1, 0.15) is 34.6 Å². The minimum Gasteiger partial charge on any atom is -0.382 e. The summed E-state index contributed by atoms with van der Waals surface area (Å²) in [5, 5.41) is 3.55. The monoisotopic (exact) mass is 309 g/mol. The lowest BCUT2D eigenvalue weighted by molar-refractivity contribution is 0.0717. The minimum atomic E-state index is 0.105. The highest BCUT2D eigenvalue weighted by molar-refractivity contribution is 5.95. The van der Waals surface area contributed by atoms with Gasteiger partial charge in [-0.1, -0.05) is 18.2 Å². The number of aromatic nitrogens is 1. The zero-order chi connectivity index (χ0) is 16.2. The Balaban J connectivity index is 1.59. The zero-order valence-corrected chi connectivity index (χ0v) is 13.7. The van der Waals surface area contributed by atoms with E-state index in [0.717, 1.165) is 48.6 Å². The van der Waals surface area contributed by atoms with Crippen LogP contribution in [0.4, 0.5) is 5.69 Å². The van der Waals surface area contributed by atoms with Gasteiger partial charge in [0.05, 0.1) is 11.3 Å². The van der Waals surface area contributed by atoms with E-state index in [4.69, 9.17) is 0 Å². The number of nitrogens with zero attached hydrogens (tertiary/aromatic N) is 2. The van der Waals surface area contributed by atoms with E-state index in [0.29, 0.717) is 6.04 Å². The summed E-state index contributed by atoms with van der Waals surface area (Å²) in [6.07, 6.45) is 1.94. The van der Waals surface area contributed by atoms with Crippen LogP contribution in [0, 0.1) is 13.8 Å². The Morgan fingerprint density at radius 2 is 1.78 bits per heavy atom.